The van der Waals surface area contributed by atoms with Crippen LogP contribution in [0.25, 0.3) is 5.57 Å². The van der Waals surface area contributed by atoms with Crippen LogP contribution >= 0.6 is 0 Å². The number of nitrogens with one attached hydrogen (secondary N) is 4. The molecule has 3 heterocycles. The Morgan fingerprint density at radius 2 is 1.76 bits per heavy atom. The SMILES string of the molecule is CC1=C=C(/C=C2\C(=O)Nc3ccc(C(=O)NC(C)c4ccccc4)cc32)NC(C)=C1C(=O)NCC(O)c1ccc2c(c1)OCO2. The topological polar surface area (TPSA) is 138 Å². The maximum absolute atomic E-state index is 13.1. The van der Waals surface area contributed by atoms with E-state index in [-0.39, 0.29) is 37.1 Å². The summed E-state index contributed by atoms with van der Waals surface area (Å²) in [7, 11) is 0. The molecular weight excluding hydrogens is 572 g/mol. The zero-order valence-corrected chi connectivity index (χ0v) is 25.0. The van der Waals surface area contributed by atoms with E-state index in [1.807, 2.05) is 37.3 Å². The molecular formula is C35H32N4O6. The average Bonchev–Trinajstić information content (AvgIpc) is 3.62. The van der Waals surface area contributed by atoms with E-state index in [0.717, 1.165) is 5.56 Å². The molecule has 0 saturated carbocycles. The molecule has 3 aliphatic rings. The molecule has 3 aliphatic heterocycles. The fraction of sp³-hybridized carbons (Fsp3) is 0.200. The fourth-order valence-corrected chi connectivity index (χ4v) is 5.49. The van der Waals surface area contributed by atoms with Gasteiger partial charge in [-0.2, -0.15) is 0 Å². The maximum Gasteiger partial charge on any atom is 0.256 e. The molecule has 10 nitrogen and oxygen atoms in total. The zero-order valence-electron chi connectivity index (χ0n) is 25.0. The molecule has 45 heavy (non-hydrogen) atoms. The number of hydrogen-bond donors (Lipinski definition) is 5. The Hall–Kier alpha value is -5.57. The number of allylic oxidation sites excluding steroid dienone is 1. The van der Waals surface area contributed by atoms with Crippen LogP contribution in [0.3, 0.4) is 0 Å². The van der Waals surface area contributed by atoms with Crippen LogP contribution in [0.4, 0.5) is 5.69 Å². The molecule has 0 radical (unpaired) electrons. The first kappa shape index (κ1) is 29.5. The predicted molar refractivity (Wildman–Crippen MR) is 168 cm³/mol. The van der Waals surface area contributed by atoms with Gasteiger partial charge >= 0.3 is 0 Å². The summed E-state index contributed by atoms with van der Waals surface area (Å²) in [5, 5.41) is 22.4. The van der Waals surface area contributed by atoms with Crippen LogP contribution in [0.5, 0.6) is 11.5 Å². The second-order valence-electron chi connectivity index (χ2n) is 11.0. The van der Waals surface area contributed by atoms with Gasteiger partial charge in [0.15, 0.2) is 11.5 Å². The van der Waals surface area contributed by atoms with Crippen LogP contribution in [0, 0.1) is 0 Å². The molecule has 3 aromatic rings. The Morgan fingerprint density at radius 1 is 0.978 bits per heavy atom. The normalized spacial score (nSPS) is 17.1. The Bertz CT molecular complexity index is 1850. The van der Waals surface area contributed by atoms with Gasteiger partial charge in [0.25, 0.3) is 17.7 Å². The highest BCUT2D eigenvalue weighted by Crippen LogP contribution is 2.35. The molecule has 0 aliphatic carbocycles. The summed E-state index contributed by atoms with van der Waals surface area (Å²) >= 11 is 0. The van der Waals surface area contributed by atoms with Crippen LogP contribution in [-0.4, -0.2) is 36.2 Å². The smallest absolute Gasteiger partial charge is 0.256 e. The predicted octanol–water partition coefficient (Wildman–Crippen LogP) is 4.40. The second kappa shape index (κ2) is 12.2. The van der Waals surface area contributed by atoms with Gasteiger partial charge in [0.05, 0.1) is 29.0 Å². The molecule has 2 atom stereocenters. The van der Waals surface area contributed by atoms with Crippen LogP contribution in [0.1, 0.15) is 60.0 Å². The lowest BCUT2D eigenvalue weighted by molar-refractivity contribution is -0.117. The van der Waals surface area contributed by atoms with E-state index in [2.05, 4.69) is 27.0 Å². The summed E-state index contributed by atoms with van der Waals surface area (Å²) in [6.45, 7) is 5.54. The van der Waals surface area contributed by atoms with E-state index in [0.29, 0.717) is 62.0 Å². The van der Waals surface area contributed by atoms with E-state index < -0.39 is 6.10 Å². The number of aliphatic hydroxyl groups is 1. The summed E-state index contributed by atoms with van der Waals surface area (Å²) in [5.41, 5.74) is 8.73. The van der Waals surface area contributed by atoms with Crippen molar-refractivity contribution in [2.24, 2.45) is 0 Å². The van der Waals surface area contributed by atoms with Gasteiger partial charge in [0, 0.05) is 34.6 Å². The minimum absolute atomic E-state index is 0.0137. The third-order valence-corrected chi connectivity index (χ3v) is 7.86. The van der Waals surface area contributed by atoms with Crippen molar-refractivity contribution in [3.8, 4) is 11.5 Å². The number of amides is 3. The van der Waals surface area contributed by atoms with Gasteiger partial charge < -0.3 is 35.8 Å². The Morgan fingerprint density at radius 3 is 2.53 bits per heavy atom. The molecule has 3 amide bonds. The first-order valence-electron chi connectivity index (χ1n) is 14.5. The summed E-state index contributed by atoms with van der Waals surface area (Å²) in [6, 6.07) is 19.7. The molecule has 0 aromatic heterocycles. The molecule has 0 spiro atoms. The van der Waals surface area contributed by atoms with Crippen molar-refractivity contribution >= 4 is 29.0 Å². The van der Waals surface area contributed by atoms with Gasteiger partial charge in [-0.05, 0) is 68.3 Å². The van der Waals surface area contributed by atoms with Gasteiger partial charge in [-0.15, -0.1) is 0 Å². The number of ether oxygens (including phenoxy) is 2. The lowest BCUT2D eigenvalue weighted by Crippen LogP contribution is -2.32. The van der Waals surface area contributed by atoms with Gasteiger partial charge in [-0.25, -0.2) is 0 Å². The molecule has 0 fully saturated rings. The molecule has 2 unspecified atom stereocenters. The Kier molecular flexibility index (Phi) is 8.00. The van der Waals surface area contributed by atoms with Crippen LogP contribution < -0.4 is 30.7 Å². The number of aliphatic hydroxyl groups excluding tert-OH is 1. The molecule has 5 N–H and O–H groups in total. The lowest BCUT2D eigenvalue weighted by Gasteiger charge is -2.19. The Labute approximate surface area is 260 Å². The third-order valence-electron chi connectivity index (χ3n) is 7.86. The van der Waals surface area contributed by atoms with E-state index in [1.54, 1.807) is 56.3 Å². The van der Waals surface area contributed by atoms with Crippen molar-refractivity contribution in [1.29, 1.82) is 0 Å². The highest BCUT2D eigenvalue weighted by molar-refractivity contribution is 6.32. The van der Waals surface area contributed by atoms with E-state index in [9.17, 15) is 19.5 Å². The van der Waals surface area contributed by atoms with Crippen molar-refractivity contribution in [2.75, 3.05) is 18.7 Å². The highest BCUT2D eigenvalue weighted by Gasteiger charge is 2.27. The summed E-state index contributed by atoms with van der Waals surface area (Å²) < 4.78 is 10.7. The van der Waals surface area contributed by atoms with Crippen molar-refractivity contribution in [2.45, 2.75) is 32.9 Å². The monoisotopic (exact) mass is 604 g/mol. The third kappa shape index (κ3) is 6.10. The number of hydrogen-bond acceptors (Lipinski definition) is 7. The number of fused-ring (bicyclic) bond motifs is 2. The molecule has 228 valence electrons. The number of anilines is 1. The summed E-state index contributed by atoms with van der Waals surface area (Å²) in [6.07, 6.45) is 0.705. The summed E-state index contributed by atoms with van der Waals surface area (Å²) in [5.74, 6) is 0.226. The van der Waals surface area contributed by atoms with Crippen molar-refractivity contribution in [1.82, 2.24) is 16.0 Å². The van der Waals surface area contributed by atoms with Crippen molar-refractivity contribution in [3.63, 3.8) is 0 Å². The van der Waals surface area contributed by atoms with Gasteiger partial charge in [-0.3, -0.25) is 14.4 Å². The summed E-state index contributed by atoms with van der Waals surface area (Å²) in [4.78, 5) is 39.1. The zero-order chi connectivity index (χ0) is 31.7. The average molecular weight is 605 g/mol. The van der Waals surface area contributed by atoms with Crippen LogP contribution in [0.2, 0.25) is 0 Å². The number of benzene rings is 3. The largest absolute Gasteiger partial charge is 0.454 e. The second-order valence-corrected chi connectivity index (χ2v) is 11.0. The van der Waals surface area contributed by atoms with E-state index >= 15 is 0 Å². The van der Waals surface area contributed by atoms with E-state index in [1.165, 1.54) is 0 Å². The van der Waals surface area contributed by atoms with Crippen LogP contribution in [0.15, 0.2) is 101 Å². The molecule has 10 heteroatoms. The maximum atomic E-state index is 13.1. The van der Waals surface area contributed by atoms with E-state index in [4.69, 9.17) is 9.47 Å². The molecule has 6 rings (SSSR count). The first-order valence-corrected chi connectivity index (χ1v) is 14.5. The highest BCUT2D eigenvalue weighted by atomic mass is 16.7. The molecule has 0 bridgehead atoms. The van der Waals surface area contributed by atoms with Gasteiger partial charge in [0.1, 0.15) is 0 Å². The fourth-order valence-electron chi connectivity index (χ4n) is 5.49. The minimum Gasteiger partial charge on any atom is -0.454 e. The van der Waals surface area contributed by atoms with Gasteiger partial charge in [0.2, 0.25) is 6.79 Å². The molecule has 0 saturated heterocycles. The van der Waals surface area contributed by atoms with Gasteiger partial charge in [-0.1, -0.05) is 42.1 Å². The lowest BCUT2D eigenvalue weighted by atomic mass is 9.99. The van der Waals surface area contributed by atoms with Crippen molar-refractivity contribution < 1.29 is 29.0 Å². The van der Waals surface area contributed by atoms with Crippen LogP contribution in [-0.2, 0) is 9.59 Å². The number of rotatable bonds is 8. The molecule has 3 aromatic carbocycles. The quantitative estimate of drug-likeness (QED) is 0.190. The number of carbonyl (C=O) groups excluding carboxylic acids is 3. The first-order chi connectivity index (χ1) is 21.7. The number of carbonyl (C=O) groups is 3. The Balaban J connectivity index is 1.17. The van der Waals surface area contributed by atoms with Crippen molar-refractivity contribution in [3.05, 3.63) is 123 Å². The minimum atomic E-state index is -0.949. The standard InChI is InChI=1S/C35H32N4O6/c1-19-13-25(37-21(3)32(19)35(43)36-17-29(40)23-10-12-30-31(15-23)45-18-44-30)16-27-26-14-24(9-11-28(26)39-34(27)42)33(41)38-20(2)22-7-5-4-6-8-22/h4-12,14-16,20,29,37,40H,17-18H2,1-3H3,(H,36,43)(H,38,41)(H,39,42)/b27-16-.